The van der Waals surface area contributed by atoms with Crippen molar-refractivity contribution in [1.82, 2.24) is 4.98 Å². The summed E-state index contributed by atoms with van der Waals surface area (Å²) in [7, 11) is 0. The van der Waals surface area contributed by atoms with E-state index in [1.54, 1.807) is 0 Å². The predicted octanol–water partition coefficient (Wildman–Crippen LogP) is 5.02. The first kappa shape index (κ1) is 15.4. The number of rotatable bonds is 3. The molecule has 3 aromatic rings. The molecule has 1 N–H and O–H groups in total. The fraction of sp³-hybridized carbons (Fsp3) is 0.176. The van der Waals surface area contributed by atoms with E-state index in [1.807, 2.05) is 31.2 Å². The molecule has 1 heterocycles. The molecule has 3 rings (SSSR count). The number of aromatic nitrogens is 1. The zero-order valence-corrected chi connectivity index (χ0v) is 15.3. The molecule has 112 valence electrons. The summed E-state index contributed by atoms with van der Waals surface area (Å²) in [5.74, 6) is -0.108. The highest BCUT2D eigenvalue weighted by Crippen LogP contribution is 2.28. The van der Waals surface area contributed by atoms with Crippen LogP contribution >= 0.6 is 33.9 Å². The number of nitrogens with one attached hydrogen (secondary N) is 1. The number of thiazole rings is 1. The van der Waals surface area contributed by atoms with Crippen molar-refractivity contribution in [2.45, 2.75) is 20.3 Å². The fourth-order valence-electron chi connectivity index (χ4n) is 2.23. The van der Waals surface area contributed by atoms with Gasteiger partial charge in [0.2, 0.25) is 0 Å². The molecule has 0 fully saturated rings. The molecule has 0 radical (unpaired) electrons. The van der Waals surface area contributed by atoms with Crippen molar-refractivity contribution >= 4 is 55.2 Å². The van der Waals surface area contributed by atoms with Crippen molar-refractivity contribution in [1.29, 1.82) is 0 Å². The Morgan fingerprint density at radius 1 is 1.32 bits per heavy atom. The van der Waals surface area contributed by atoms with Crippen molar-refractivity contribution in [2.75, 3.05) is 5.32 Å². The summed E-state index contributed by atoms with van der Waals surface area (Å²) >= 11 is 3.72. The van der Waals surface area contributed by atoms with Crippen LogP contribution in [0.5, 0.6) is 0 Å². The summed E-state index contributed by atoms with van der Waals surface area (Å²) in [6.07, 6.45) is 0.997. The number of anilines is 1. The third-order valence-electron chi connectivity index (χ3n) is 3.52. The van der Waals surface area contributed by atoms with Crippen LogP contribution in [0, 0.1) is 10.5 Å². The lowest BCUT2D eigenvalue weighted by Crippen LogP contribution is -2.13. The van der Waals surface area contributed by atoms with E-state index in [1.165, 1.54) is 16.9 Å². The third-order valence-corrected chi connectivity index (χ3v) is 5.88. The minimum atomic E-state index is -0.108. The number of carbonyl (C=O) groups is 1. The second-order valence-corrected chi connectivity index (χ2v) is 7.17. The molecule has 0 aliphatic heterocycles. The number of halogens is 1. The van der Waals surface area contributed by atoms with E-state index in [0.717, 1.165) is 25.8 Å². The van der Waals surface area contributed by atoms with Gasteiger partial charge in [0.15, 0.2) is 5.13 Å². The van der Waals surface area contributed by atoms with Gasteiger partial charge >= 0.3 is 0 Å². The van der Waals surface area contributed by atoms with E-state index in [2.05, 4.69) is 51.9 Å². The minimum Gasteiger partial charge on any atom is -0.298 e. The number of carbonyl (C=O) groups excluding carboxylic acids is 1. The zero-order chi connectivity index (χ0) is 15.7. The number of fused-ring (bicyclic) bond motifs is 1. The molecule has 1 aromatic heterocycles. The van der Waals surface area contributed by atoms with E-state index >= 15 is 0 Å². The maximum absolute atomic E-state index is 12.4. The highest BCUT2D eigenvalue weighted by atomic mass is 127. The summed E-state index contributed by atoms with van der Waals surface area (Å²) in [6, 6.07) is 12.0. The van der Waals surface area contributed by atoms with Crippen molar-refractivity contribution in [3.8, 4) is 0 Å². The van der Waals surface area contributed by atoms with Crippen LogP contribution in [0.4, 0.5) is 5.13 Å². The first-order chi connectivity index (χ1) is 10.6. The number of hydrogen-bond acceptors (Lipinski definition) is 3. The van der Waals surface area contributed by atoms with Crippen LogP contribution < -0.4 is 5.32 Å². The molecule has 0 aliphatic carbocycles. The largest absolute Gasteiger partial charge is 0.298 e. The average Bonchev–Trinajstić information content (AvgIpc) is 2.90. The standard InChI is InChI=1S/C17H15IN2OS/c1-3-11-7-8-13-14(9-11)22-17(19-13)20-16(21)12-6-4-5-10(2)15(12)18/h4-9H,3H2,1-2H3,(H,19,20,21). The Labute approximate surface area is 146 Å². The molecule has 22 heavy (non-hydrogen) atoms. The molecule has 3 nitrogen and oxygen atoms in total. The summed E-state index contributed by atoms with van der Waals surface area (Å²) in [6.45, 7) is 4.13. The van der Waals surface area contributed by atoms with Crippen LogP contribution in [0.1, 0.15) is 28.4 Å². The van der Waals surface area contributed by atoms with Crippen LogP contribution in [0.3, 0.4) is 0 Å². The van der Waals surface area contributed by atoms with Gasteiger partial charge < -0.3 is 0 Å². The fourth-order valence-corrected chi connectivity index (χ4v) is 3.76. The van der Waals surface area contributed by atoms with E-state index in [9.17, 15) is 4.79 Å². The Hall–Kier alpha value is -1.47. The topological polar surface area (TPSA) is 42.0 Å². The molecular weight excluding hydrogens is 407 g/mol. The average molecular weight is 422 g/mol. The number of benzene rings is 2. The first-order valence-corrected chi connectivity index (χ1v) is 8.94. The molecular formula is C17H15IN2OS. The number of amides is 1. The number of aryl methyl sites for hydroxylation is 2. The van der Waals surface area contributed by atoms with Gasteiger partial charge in [-0.2, -0.15) is 0 Å². The van der Waals surface area contributed by atoms with Gasteiger partial charge in [-0.15, -0.1) is 0 Å². The Morgan fingerprint density at radius 3 is 2.91 bits per heavy atom. The van der Waals surface area contributed by atoms with E-state index in [4.69, 9.17) is 0 Å². The van der Waals surface area contributed by atoms with Crippen LogP contribution in [0.2, 0.25) is 0 Å². The van der Waals surface area contributed by atoms with Gasteiger partial charge in [-0.25, -0.2) is 4.98 Å². The van der Waals surface area contributed by atoms with E-state index < -0.39 is 0 Å². The highest BCUT2D eigenvalue weighted by Gasteiger charge is 2.13. The number of nitrogens with zero attached hydrogens (tertiary/aromatic N) is 1. The smallest absolute Gasteiger partial charge is 0.258 e. The number of hydrogen-bond donors (Lipinski definition) is 1. The monoisotopic (exact) mass is 422 g/mol. The van der Waals surface area contributed by atoms with Gasteiger partial charge in [-0.1, -0.05) is 36.5 Å². The molecule has 2 aromatic carbocycles. The normalized spacial score (nSPS) is 10.9. The highest BCUT2D eigenvalue weighted by molar-refractivity contribution is 14.1. The molecule has 0 saturated carbocycles. The summed E-state index contributed by atoms with van der Waals surface area (Å²) in [5, 5.41) is 3.56. The molecule has 0 atom stereocenters. The molecule has 1 amide bonds. The quantitative estimate of drug-likeness (QED) is 0.602. The molecule has 0 saturated heterocycles. The summed E-state index contributed by atoms with van der Waals surface area (Å²) < 4.78 is 2.08. The van der Waals surface area contributed by atoms with Gasteiger partial charge in [0.1, 0.15) is 0 Å². The summed E-state index contributed by atoms with van der Waals surface area (Å²) in [5.41, 5.74) is 4.00. The minimum absolute atomic E-state index is 0.108. The molecule has 0 bridgehead atoms. The van der Waals surface area contributed by atoms with Gasteiger partial charge in [-0.05, 0) is 65.3 Å². The van der Waals surface area contributed by atoms with Crippen molar-refractivity contribution < 1.29 is 4.79 Å². The lowest BCUT2D eigenvalue weighted by atomic mass is 10.1. The van der Waals surface area contributed by atoms with Crippen LogP contribution in [-0.4, -0.2) is 10.9 Å². The Balaban J connectivity index is 1.89. The SMILES string of the molecule is CCc1ccc2nc(NC(=O)c3cccc(C)c3I)sc2c1. The third kappa shape index (κ3) is 3.01. The van der Waals surface area contributed by atoms with Gasteiger partial charge in [0.25, 0.3) is 5.91 Å². The lowest BCUT2D eigenvalue weighted by molar-refractivity contribution is 0.102. The maximum Gasteiger partial charge on any atom is 0.258 e. The van der Waals surface area contributed by atoms with Gasteiger partial charge in [0.05, 0.1) is 15.8 Å². The Morgan fingerprint density at radius 2 is 2.14 bits per heavy atom. The van der Waals surface area contributed by atoms with Crippen molar-refractivity contribution in [3.05, 3.63) is 56.7 Å². The Bertz CT molecular complexity index is 857. The zero-order valence-electron chi connectivity index (χ0n) is 12.3. The van der Waals surface area contributed by atoms with E-state index in [-0.39, 0.29) is 5.91 Å². The molecule has 5 heteroatoms. The van der Waals surface area contributed by atoms with Crippen LogP contribution in [0.15, 0.2) is 36.4 Å². The van der Waals surface area contributed by atoms with Crippen LogP contribution in [0.25, 0.3) is 10.2 Å². The lowest BCUT2D eigenvalue weighted by Gasteiger charge is -2.06. The Kier molecular flexibility index (Phi) is 4.44. The van der Waals surface area contributed by atoms with Crippen molar-refractivity contribution in [2.24, 2.45) is 0 Å². The maximum atomic E-state index is 12.4. The molecule has 0 spiro atoms. The van der Waals surface area contributed by atoms with Gasteiger partial charge in [0, 0.05) is 3.57 Å². The second kappa shape index (κ2) is 6.34. The van der Waals surface area contributed by atoms with Crippen LogP contribution in [-0.2, 0) is 6.42 Å². The molecule has 0 unspecified atom stereocenters. The summed E-state index contributed by atoms with van der Waals surface area (Å²) in [4.78, 5) is 16.9. The molecule has 0 aliphatic rings. The van der Waals surface area contributed by atoms with E-state index in [0.29, 0.717) is 10.7 Å². The predicted molar refractivity (Wildman–Crippen MR) is 101 cm³/mol. The first-order valence-electron chi connectivity index (χ1n) is 7.04. The second-order valence-electron chi connectivity index (χ2n) is 5.07. The van der Waals surface area contributed by atoms with Crippen molar-refractivity contribution in [3.63, 3.8) is 0 Å². The van der Waals surface area contributed by atoms with Gasteiger partial charge in [-0.3, -0.25) is 10.1 Å².